The summed E-state index contributed by atoms with van der Waals surface area (Å²) >= 11 is 6.09. The number of carboxylic acid groups (broad SMARTS) is 1. The quantitative estimate of drug-likeness (QED) is 0.786. The number of carbonyl (C=O) groups excluding carboxylic acids is 2. The fourth-order valence-electron chi connectivity index (χ4n) is 1.81. The van der Waals surface area contributed by atoms with Crippen molar-refractivity contribution in [1.29, 1.82) is 0 Å². The Kier molecular flexibility index (Phi) is 6.37. The molecule has 1 aromatic rings. The molecule has 0 radical (unpaired) electrons. The summed E-state index contributed by atoms with van der Waals surface area (Å²) in [5, 5.41) is 11.4. The molecule has 0 fully saturated rings. The average molecular weight is 327 g/mol. The van der Waals surface area contributed by atoms with Gasteiger partial charge in [0.25, 0.3) is 5.91 Å². The van der Waals surface area contributed by atoms with Crippen LogP contribution in [0, 0.1) is 5.92 Å². The van der Waals surface area contributed by atoms with Gasteiger partial charge in [-0.15, -0.1) is 0 Å². The number of benzene rings is 1. The number of rotatable bonds is 6. The van der Waals surface area contributed by atoms with Crippen molar-refractivity contribution in [2.75, 3.05) is 18.4 Å². The molecule has 1 aromatic carbocycles. The second kappa shape index (κ2) is 7.79. The van der Waals surface area contributed by atoms with E-state index in [9.17, 15) is 14.4 Å². The summed E-state index contributed by atoms with van der Waals surface area (Å²) in [5.41, 5.74) is 0.689. The molecule has 0 aliphatic heterocycles. The van der Waals surface area contributed by atoms with Gasteiger partial charge in [0, 0.05) is 18.8 Å². The number of halogens is 1. The number of carboxylic acids is 1. The van der Waals surface area contributed by atoms with Gasteiger partial charge in [0.05, 0.1) is 10.6 Å². The molecule has 7 heteroatoms. The summed E-state index contributed by atoms with van der Waals surface area (Å²) in [6, 6.07) is 4.48. The zero-order valence-corrected chi connectivity index (χ0v) is 13.5. The van der Waals surface area contributed by atoms with Crippen molar-refractivity contribution in [1.82, 2.24) is 4.90 Å². The predicted molar refractivity (Wildman–Crippen MR) is 84.1 cm³/mol. The monoisotopic (exact) mass is 326 g/mol. The maximum absolute atomic E-state index is 12.2. The topological polar surface area (TPSA) is 86.7 Å². The summed E-state index contributed by atoms with van der Waals surface area (Å²) < 4.78 is 0. The fraction of sp³-hybridized carbons (Fsp3) is 0.400. The maximum Gasteiger partial charge on any atom is 0.315 e. The Morgan fingerprint density at radius 1 is 1.27 bits per heavy atom. The molecule has 0 saturated heterocycles. The van der Waals surface area contributed by atoms with Gasteiger partial charge in [0.2, 0.25) is 5.91 Å². The van der Waals surface area contributed by atoms with E-state index in [0.717, 1.165) is 0 Å². The van der Waals surface area contributed by atoms with Crippen LogP contribution in [-0.4, -0.2) is 40.9 Å². The van der Waals surface area contributed by atoms with Crippen LogP contribution in [0.1, 0.15) is 31.1 Å². The standard InChI is InChI=1S/C15H19ClN2O4/c1-4-18(5-2)14(20)11-7-6-10(8-12(11)16)17-13(19)9(3)15(21)22/h6-9H,4-5H2,1-3H3,(H,17,19)(H,21,22). The third-order valence-electron chi connectivity index (χ3n) is 3.28. The number of aliphatic carboxylic acids is 1. The van der Waals surface area contributed by atoms with Crippen molar-refractivity contribution >= 4 is 35.1 Å². The van der Waals surface area contributed by atoms with Crippen molar-refractivity contribution in [2.45, 2.75) is 20.8 Å². The minimum Gasteiger partial charge on any atom is -0.481 e. The largest absolute Gasteiger partial charge is 0.481 e. The fourth-order valence-corrected chi connectivity index (χ4v) is 2.07. The Labute approximate surface area is 134 Å². The third-order valence-corrected chi connectivity index (χ3v) is 3.59. The van der Waals surface area contributed by atoms with Gasteiger partial charge < -0.3 is 15.3 Å². The maximum atomic E-state index is 12.2. The lowest BCUT2D eigenvalue weighted by Crippen LogP contribution is -2.30. The van der Waals surface area contributed by atoms with E-state index in [1.54, 1.807) is 4.90 Å². The van der Waals surface area contributed by atoms with E-state index in [1.165, 1.54) is 25.1 Å². The van der Waals surface area contributed by atoms with Crippen molar-refractivity contribution in [3.05, 3.63) is 28.8 Å². The molecule has 120 valence electrons. The van der Waals surface area contributed by atoms with E-state index < -0.39 is 17.8 Å². The van der Waals surface area contributed by atoms with Crippen molar-refractivity contribution < 1.29 is 19.5 Å². The van der Waals surface area contributed by atoms with Crippen LogP contribution in [0.3, 0.4) is 0 Å². The van der Waals surface area contributed by atoms with E-state index in [0.29, 0.717) is 24.3 Å². The zero-order valence-electron chi connectivity index (χ0n) is 12.7. The van der Waals surface area contributed by atoms with E-state index in [1.807, 2.05) is 13.8 Å². The molecular formula is C15H19ClN2O4. The minimum atomic E-state index is -1.21. The second-order valence-corrected chi connectivity index (χ2v) is 5.13. The van der Waals surface area contributed by atoms with Crippen LogP contribution in [0.25, 0.3) is 0 Å². The van der Waals surface area contributed by atoms with E-state index >= 15 is 0 Å². The Hall–Kier alpha value is -2.08. The van der Waals surface area contributed by atoms with Gasteiger partial charge in [-0.05, 0) is 39.0 Å². The van der Waals surface area contributed by atoms with Crippen LogP contribution in [-0.2, 0) is 9.59 Å². The minimum absolute atomic E-state index is 0.188. The molecule has 0 saturated carbocycles. The van der Waals surface area contributed by atoms with Crippen molar-refractivity contribution in [2.24, 2.45) is 5.92 Å². The van der Waals surface area contributed by atoms with Crippen LogP contribution in [0.2, 0.25) is 5.02 Å². The highest BCUT2D eigenvalue weighted by Crippen LogP contribution is 2.23. The van der Waals surface area contributed by atoms with E-state index in [-0.39, 0.29) is 10.9 Å². The SMILES string of the molecule is CCN(CC)C(=O)c1ccc(NC(=O)C(C)C(=O)O)cc1Cl. The van der Waals surface area contributed by atoms with Crippen LogP contribution >= 0.6 is 11.6 Å². The molecule has 1 atom stereocenters. The van der Waals surface area contributed by atoms with Gasteiger partial charge in [-0.3, -0.25) is 14.4 Å². The van der Waals surface area contributed by atoms with Crippen LogP contribution in [0.5, 0.6) is 0 Å². The lowest BCUT2D eigenvalue weighted by molar-refractivity contribution is -0.144. The molecule has 2 N–H and O–H groups in total. The first-order valence-corrected chi connectivity index (χ1v) is 7.32. The van der Waals surface area contributed by atoms with Gasteiger partial charge >= 0.3 is 5.97 Å². The highest BCUT2D eigenvalue weighted by Gasteiger charge is 2.21. The van der Waals surface area contributed by atoms with Crippen LogP contribution in [0.4, 0.5) is 5.69 Å². The summed E-state index contributed by atoms with van der Waals surface area (Å²) in [6.45, 7) is 6.17. The van der Waals surface area contributed by atoms with E-state index in [4.69, 9.17) is 16.7 Å². The number of hydrogen-bond acceptors (Lipinski definition) is 3. The molecule has 1 unspecified atom stereocenters. The molecule has 0 aliphatic carbocycles. The Morgan fingerprint density at radius 3 is 2.32 bits per heavy atom. The Balaban J connectivity index is 2.93. The average Bonchev–Trinajstić information content (AvgIpc) is 2.47. The Bertz CT molecular complexity index is 585. The van der Waals surface area contributed by atoms with Crippen molar-refractivity contribution in [3.8, 4) is 0 Å². The number of nitrogens with one attached hydrogen (secondary N) is 1. The van der Waals surface area contributed by atoms with Gasteiger partial charge in [-0.2, -0.15) is 0 Å². The number of hydrogen-bond donors (Lipinski definition) is 2. The second-order valence-electron chi connectivity index (χ2n) is 4.72. The number of amides is 2. The smallest absolute Gasteiger partial charge is 0.315 e. The highest BCUT2D eigenvalue weighted by atomic mass is 35.5. The van der Waals surface area contributed by atoms with Crippen molar-refractivity contribution in [3.63, 3.8) is 0 Å². The first kappa shape index (κ1) is 18.0. The van der Waals surface area contributed by atoms with E-state index in [2.05, 4.69) is 5.32 Å². The molecule has 0 aromatic heterocycles. The van der Waals surface area contributed by atoms with Crippen LogP contribution < -0.4 is 5.32 Å². The normalized spacial score (nSPS) is 11.6. The Morgan fingerprint density at radius 2 is 1.86 bits per heavy atom. The van der Waals surface area contributed by atoms with Crippen LogP contribution in [0.15, 0.2) is 18.2 Å². The summed E-state index contributed by atoms with van der Waals surface area (Å²) in [7, 11) is 0. The molecule has 0 heterocycles. The highest BCUT2D eigenvalue weighted by molar-refractivity contribution is 6.34. The summed E-state index contributed by atoms with van der Waals surface area (Å²) in [5.74, 6) is -3.22. The molecule has 2 amide bonds. The molecule has 0 spiro atoms. The first-order valence-electron chi connectivity index (χ1n) is 6.94. The summed E-state index contributed by atoms with van der Waals surface area (Å²) in [6.07, 6.45) is 0. The molecule has 6 nitrogen and oxygen atoms in total. The first-order chi connectivity index (χ1) is 10.3. The third kappa shape index (κ3) is 4.21. The molecule has 0 bridgehead atoms. The van der Waals surface area contributed by atoms with Gasteiger partial charge in [0.1, 0.15) is 5.92 Å². The lowest BCUT2D eigenvalue weighted by atomic mass is 10.1. The number of nitrogens with zero attached hydrogens (tertiary/aromatic N) is 1. The van der Waals surface area contributed by atoms with Gasteiger partial charge in [0.15, 0.2) is 0 Å². The molecule has 0 aliphatic rings. The molecular weight excluding hydrogens is 308 g/mol. The molecule has 1 rings (SSSR count). The predicted octanol–water partition coefficient (Wildman–Crippen LogP) is 2.48. The molecule has 22 heavy (non-hydrogen) atoms. The summed E-state index contributed by atoms with van der Waals surface area (Å²) in [4.78, 5) is 36.3. The number of carbonyl (C=O) groups is 3. The van der Waals surface area contributed by atoms with Gasteiger partial charge in [-0.25, -0.2) is 0 Å². The zero-order chi connectivity index (χ0) is 16.9. The number of anilines is 1. The van der Waals surface area contributed by atoms with Gasteiger partial charge in [-0.1, -0.05) is 11.6 Å². The lowest BCUT2D eigenvalue weighted by Gasteiger charge is -2.19.